The quantitative estimate of drug-likeness (QED) is 0.186. The van der Waals surface area contributed by atoms with Crippen LogP contribution in [-0.4, -0.2) is 15.1 Å². The molecule has 0 spiro atoms. The van der Waals surface area contributed by atoms with Crippen molar-refractivity contribution in [3.8, 4) is 39.5 Å². The fraction of sp³-hybridized carbons (Fsp3) is 0.200. The minimum atomic E-state index is -0.0871. The van der Waals surface area contributed by atoms with Crippen LogP contribution in [0.25, 0.3) is 55.7 Å². The summed E-state index contributed by atoms with van der Waals surface area (Å²) in [5, 5.41) is 11.6. The number of aromatic nitrogens is 2. The topological polar surface area (TPSA) is 59.2 Å². The normalized spacial score (nSPS) is 11.8. The maximum absolute atomic E-state index is 10.5. The number of oxazole rings is 1. The monoisotopic (exact) mass is 706 g/mol. The maximum atomic E-state index is 10.5. The number of aromatic hydroxyl groups is 1. The van der Waals surface area contributed by atoms with Crippen molar-refractivity contribution < 1.29 is 30.6 Å². The molecule has 0 saturated carbocycles. The predicted molar refractivity (Wildman–Crippen MR) is 159 cm³/mol. The molecule has 0 saturated heterocycles. The Labute approximate surface area is 249 Å². The van der Waals surface area contributed by atoms with Gasteiger partial charge in [0.25, 0.3) is 0 Å². The van der Waals surface area contributed by atoms with Gasteiger partial charge in [-0.15, -0.1) is 34.9 Å². The Balaban J connectivity index is 0.00000323. The summed E-state index contributed by atoms with van der Waals surface area (Å²) in [6, 6.07) is 29.9. The Kier molecular flexibility index (Phi) is 7.42. The van der Waals surface area contributed by atoms with E-state index in [0.29, 0.717) is 23.0 Å². The largest absolute Gasteiger partial charge is 0.507 e. The van der Waals surface area contributed by atoms with Crippen LogP contribution < -0.4 is 0 Å². The van der Waals surface area contributed by atoms with Crippen molar-refractivity contribution in [2.75, 3.05) is 0 Å². The number of rotatable bonds is 4. The van der Waals surface area contributed by atoms with E-state index in [1.54, 1.807) is 12.1 Å². The molecule has 0 atom stereocenters. The molecule has 0 amide bonds. The van der Waals surface area contributed by atoms with E-state index < -0.39 is 0 Å². The molecule has 0 aliphatic rings. The fourth-order valence-corrected chi connectivity index (χ4v) is 4.97. The van der Waals surface area contributed by atoms with E-state index in [9.17, 15) is 5.11 Å². The number of fused-ring (bicyclic) bond motifs is 2. The van der Waals surface area contributed by atoms with Crippen molar-refractivity contribution in [2.24, 2.45) is 0 Å². The van der Waals surface area contributed by atoms with Crippen LogP contribution in [0.5, 0.6) is 5.75 Å². The van der Waals surface area contributed by atoms with Gasteiger partial charge in [0, 0.05) is 32.8 Å². The smallest absolute Gasteiger partial charge is 0.230 e. The minimum Gasteiger partial charge on any atom is -0.507 e. The van der Waals surface area contributed by atoms with E-state index >= 15 is 0 Å². The third-order valence-electron chi connectivity index (χ3n) is 7.27. The van der Waals surface area contributed by atoms with Gasteiger partial charge in [-0.1, -0.05) is 88.2 Å². The number of benzene rings is 4. The molecule has 0 unspecified atom stereocenters. The van der Waals surface area contributed by atoms with Gasteiger partial charge in [0.1, 0.15) is 11.3 Å². The third kappa shape index (κ3) is 5.09. The molecular formula is C35H31N2O2Pt-. The van der Waals surface area contributed by atoms with E-state index in [4.69, 9.17) is 14.4 Å². The Morgan fingerprint density at radius 2 is 1.50 bits per heavy atom. The van der Waals surface area contributed by atoms with Gasteiger partial charge in [-0.2, -0.15) is 0 Å². The zero-order valence-electron chi connectivity index (χ0n) is 23.2. The molecule has 2 aromatic heterocycles. The van der Waals surface area contributed by atoms with Crippen LogP contribution >= 0.6 is 0 Å². The van der Waals surface area contributed by atoms with Gasteiger partial charge >= 0.3 is 0 Å². The average Bonchev–Trinajstić information content (AvgIpc) is 3.35. The van der Waals surface area contributed by atoms with Gasteiger partial charge < -0.3 is 9.52 Å². The number of nitrogens with zero attached hydrogens (tertiary/aromatic N) is 2. The summed E-state index contributed by atoms with van der Waals surface area (Å²) >= 11 is 0. The Bertz CT molecular complexity index is 1840. The van der Waals surface area contributed by atoms with Crippen LogP contribution in [0.3, 0.4) is 0 Å². The standard InChI is InChI=1S/C35H31N2O2.Pt/c1-21(2)23-19-29(33-31(20-23)39-34(37-33)28-12-6-7-14-30(28)38)25-16-24(17-26(18-25)35(3,4)5)27-13-8-10-22-11-9-15-36-32(22)27;/h6-15,17-21,38H,1-5H3;/q-1;. The molecule has 0 aliphatic heterocycles. The first kappa shape index (κ1) is 27.8. The third-order valence-corrected chi connectivity index (χ3v) is 7.27. The first-order valence-electron chi connectivity index (χ1n) is 13.3. The molecule has 5 heteroatoms. The Morgan fingerprint density at radius 1 is 0.800 bits per heavy atom. The molecule has 0 aliphatic carbocycles. The molecule has 0 radical (unpaired) electrons. The molecule has 4 nitrogen and oxygen atoms in total. The fourth-order valence-electron chi connectivity index (χ4n) is 4.97. The van der Waals surface area contributed by atoms with Crippen LogP contribution in [0, 0.1) is 6.07 Å². The number of para-hydroxylation sites is 2. The van der Waals surface area contributed by atoms with E-state index in [2.05, 4.69) is 89.2 Å². The number of hydrogen-bond donors (Lipinski definition) is 1. The number of hydrogen-bond acceptors (Lipinski definition) is 4. The number of phenolic OH excluding ortho intramolecular Hbond substituents is 1. The molecule has 4 aromatic carbocycles. The first-order valence-corrected chi connectivity index (χ1v) is 13.3. The van der Waals surface area contributed by atoms with Gasteiger partial charge in [-0.05, 0) is 46.5 Å². The molecule has 40 heavy (non-hydrogen) atoms. The average molecular weight is 707 g/mol. The van der Waals surface area contributed by atoms with E-state index in [1.807, 2.05) is 24.4 Å². The summed E-state index contributed by atoms with van der Waals surface area (Å²) in [5.41, 5.74) is 9.19. The SMILES string of the molecule is CC(C)c1cc(-c2[c-]c(-c3cccc4cccnc34)cc(C(C)(C)C)c2)c2nc(-c3ccccc3O)oc2c1.[Pt]. The molecule has 0 fully saturated rings. The summed E-state index contributed by atoms with van der Waals surface area (Å²) in [4.78, 5) is 9.62. The zero-order valence-corrected chi connectivity index (χ0v) is 25.5. The van der Waals surface area contributed by atoms with Gasteiger partial charge in [-0.25, -0.2) is 4.98 Å². The van der Waals surface area contributed by atoms with Crippen molar-refractivity contribution in [1.29, 1.82) is 0 Å². The van der Waals surface area contributed by atoms with Gasteiger partial charge in [-0.3, -0.25) is 4.98 Å². The molecule has 1 N–H and O–H groups in total. The summed E-state index contributed by atoms with van der Waals surface area (Å²) in [6.45, 7) is 11.0. The maximum Gasteiger partial charge on any atom is 0.230 e. The summed E-state index contributed by atoms with van der Waals surface area (Å²) < 4.78 is 6.26. The molecule has 6 aromatic rings. The van der Waals surface area contributed by atoms with Crippen LogP contribution in [0.4, 0.5) is 0 Å². The molecule has 6 rings (SSSR count). The predicted octanol–water partition coefficient (Wildman–Crippen LogP) is 9.30. The van der Waals surface area contributed by atoms with E-state index in [1.165, 1.54) is 5.56 Å². The van der Waals surface area contributed by atoms with Crippen molar-refractivity contribution in [2.45, 2.75) is 46.0 Å². The van der Waals surface area contributed by atoms with Crippen molar-refractivity contribution in [1.82, 2.24) is 9.97 Å². The van der Waals surface area contributed by atoms with Crippen LogP contribution in [-0.2, 0) is 26.5 Å². The van der Waals surface area contributed by atoms with Crippen molar-refractivity contribution in [3.05, 3.63) is 102 Å². The molecule has 204 valence electrons. The first-order chi connectivity index (χ1) is 18.7. The minimum absolute atomic E-state index is 0. The van der Waals surface area contributed by atoms with Crippen LogP contribution in [0.15, 0.2) is 89.5 Å². The number of phenols is 1. The Hall–Kier alpha value is -3.75. The summed E-state index contributed by atoms with van der Waals surface area (Å²) in [7, 11) is 0. The van der Waals surface area contributed by atoms with Gasteiger partial charge in [0.05, 0.1) is 11.1 Å². The molecular weight excluding hydrogens is 675 g/mol. The Morgan fingerprint density at radius 3 is 2.23 bits per heavy atom. The second kappa shape index (κ2) is 10.7. The summed E-state index contributed by atoms with van der Waals surface area (Å²) in [5.74, 6) is 0.830. The summed E-state index contributed by atoms with van der Waals surface area (Å²) in [6.07, 6.45) is 1.84. The second-order valence-corrected chi connectivity index (χ2v) is 11.4. The van der Waals surface area contributed by atoms with Crippen LogP contribution in [0.1, 0.15) is 51.7 Å². The van der Waals surface area contributed by atoms with Crippen LogP contribution in [0.2, 0.25) is 0 Å². The number of pyridine rings is 1. The molecule has 0 bridgehead atoms. The zero-order chi connectivity index (χ0) is 27.3. The second-order valence-electron chi connectivity index (χ2n) is 11.4. The van der Waals surface area contributed by atoms with E-state index in [-0.39, 0.29) is 32.2 Å². The molecule has 2 heterocycles. The van der Waals surface area contributed by atoms with Crippen molar-refractivity contribution in [3.63, 3.8) is 0 Å². The van der Waals surface area contributed by atoms with Gasteiger partial charge in [0.15, 0.2) is 0 Å². The van der Waals surface area contributed by atoms with E-state index in [0.717, 1.165) is 44.2 Å². The van der Waals surface area contributed by atoms with Crippen molar-refractivity contribution >= 4 is 22.0 Å². The van der Waals surface area contributed by atoms with Gasteiger partial charge in [0.2, 0.25) is 5.89 Å².